The number of benzene rings is 2. The van der Waals surface area contributed by atoms with Gasteiger partial charge in [0.05, 0.1) is 11.7 Å². The zero-order valence-corrected chi connectivity index (χ0v) is 16.8. The SMILES string of the molecule is Cc1cc(-c2ccc(Nc3nnn4c3CCC4c3ccc(Cl)cc3)cc2)ccn1. The molecule has 4 aromatic rings. The first-order valence-corrected chi connectivity index (χ1v) is 10.0. The van der Waals surface area contributed by atoms with Crippen molar-refractivity contribution in [3.63, 3.8) is 0 Å². The second kappa shape index (κ2) is 7.33. The van der Waals surface area contributed by atoms with Gasteiger partial charge in [-0.15, -0.1) is 5.10 Å². The number of nitrogens with zero attached hydrogens (tertiary/aromatic N) is 4. The Balaban J connectivity index is 1.36. The molecule has 29 heavy (non-hydrogen) atoms. The number of hydrogen-bond donors (Lipinski definition) is 1. The lowest BCUT2D eigenvalue weighted by Gasteiger charge is -2.11. The number of hydrogen-bond acceptors (Lipinski definition) is 4. The van der Waals surface area contributed by atoms with Crippen molar-refractivity contribution in [2.75, 3.05) is 5.32 Å². The molecule has 0 bridgehead atoms. The first-order valence-electron chi connectivity index (χ1n) is 9.67. The molecule has 5 rings (SSSR count). The smallest absolute Gasteiger partial charge is 0.176 e. The van der Waals surface area contributed by atoms with Crippen LogP contribution in [0.25, 0.3) is 11.1 Å². The van der Waals surface area contributed by atoms with Crippen LogP contribution in [0.2, 0.25) is 5.02 Å². The van der Waals surface area contributed by atoms with E-state index in [1.165, 1.54) is 11.1 Å². The third kappa shape index (κ3) is 3.49. The van der Waals surface area contributed by atoms with Crippen molar-refractivity contribution in [2.24, 2.45) is 0 Å². The first kappa shape index (κ1) is 17.9. The molecule has 1 aliphatic heterocycles. The van der Waals surface area contributed by atoms with Gasteiger partial charge in [0, 0.05) is 22.6 Å². The molecule has 0 spiro atoms. The van der Waals surface area contributed by atoms with E-state index in [1.807, 2.05) is 36.0 Å². The van der Waals surface area contributed by atoms with Gasteiger partial charge in [0.1, 0.15) is 0 Å². The standard InChI is InChI=1S/C23H20ClN5/c1-15-14-18(12-13-25-15)16-4-8-20(9-5-16)26-23-22-11-10-21(29(22)28-27-23)17-2-6-19(24)7-3-17/h2-9,12-14,21,26H,10-11H2,1H3. The van der Waals surface area contributed by atoms with E-state index < -0.39 is 0 Å². The Kier molecular flexibility index (Phi) is 4.52. The fourth-order valence-corrected chi connectivity index (χ4v) is 4.02. The van der Waals surface area contributed by atoms with E-state index in [-0.39, 0.29) is 6.04 Å². The Morgan fingerprint density at radius 3 is 2.55 bits per heavy atom. The summed E-state index contributed by atoms with van der Waals surface area (Å²) in [5, 5.41) is 13.0. The third-order valence-corrected chi connectivity index (χ3v) is 5.63. The Hall–Kier alpha value is -3.18. The summed E-state index contributed by atoms with van der Waals surface area (Å²) >= 11 is 6.02. The fraction of sp³-hybridized carbons (Fsp3) is 0.174. The van der Waals surface area contributed by atoms with Crippen molar-refractivity contribution in [1.29, 1.82) is 0 Å². The molecule has 2 aromatic carbocycles. The van der Waals surface area contributed by atoms with Crippen LogP contribution in [-0.2, 0) is 6.42 Å². The monoisotopic (exact) mass is 401 g/mol. The number of aryl methyl sites for hydroxylation is 1. The van der Waals surface area contributed by atoms with E-state index >= 15 is 0 Å². The molecule has 1 atom stereocenters. The number of halogens is 1. The highest BCUT2D eigenvalue weighted by Gasteiger charge is 2.28. The number of pyridine rings is 1. The summed E-state index contributed by atoms with van der Waals surface area (Å²) in [5.41, 5.74) is 6.69. The minimum atomic E-state index is 0.211. The molecule has 144 valence electrons. The molecule has 0 saturated carbocycles. The summed E-state index contributed by atoms with van der Waals surface area (Å²) in [7, 11) is 0. The molecule has 0 aliphatic carbocycles. The molecule has 0 radical (unpaired) electrons. The van der Waals surface area contributed by atoms with Gasteiger partial charge in [-0.3, -0.25) is 4.98 Å². The Labute approximate surface area is 174 Å². The summed E-state index contributed by atoms with van der Waals surface area (Å²) in [6.45, 7) is 2.00. The van der Waals surface area contributed by atoms with E-state index in [4.69, 9.17) is 11.6 Å². The number of rotatable bonds is 4. The predicted octanol–water partition coefficient (Wildman–Crippen LogP) is 5.58. The van der Waals surface area contributed by atoms with Crippen LogP contribution in [0.5, 0.6) is 0 Å². The predicted molar refractivity (Wildman–Crippen MR) is 116 cm³/mol. The highest BCUT2D eigenvalue weighted by molar-refractivity contribution is 6.30. The van der Waals surface area contributed by atoms with Crippen molar-refractivity contribution in [3.05, 3.63) is 88.8 Å². The van der Waals surface area contributed by atoms with Gasteiger partial charge in [0.25, 0.3) is 0 Å². The summed E-state index contributed by atoms with van der Waals surface area (Å²) in [6.07, 6.45) is 3.80. The molecule has 5 nitrogen and oxygen atoms in total. The number of aromatic nitrogens is 4. The van der Waals surface area contributed by atoms with E-state index in [2.05, 4.69) is 63.1 Å². The lowest BCUT2D eigenvalue weighted by Crippen LogP contribution is -2.07. The largest absolute Gasteiger partial charge is 0.337 e. The van der Waals surface area contributed by atoms with Gasteiger partial charge in [-0.05, 0) is 72.9 Å². The number of nitrogens with one attached hydrogen (secondary N) is 1. The van der Waals surface area contributed by atoms with E-state index in [1.54, 1.807) is 0 Å². The summed E-state index contributed by atoms with van der Waals surface area (Å²) < 4.78 is 2.03. The molecule has 0 fully saturated rings. The van der Waals surface area contributed by atoms with Crippen molar-refractivity contribution >= 4 is 23.1 Å². The molecule has 1 unspecified atom stereocenters. The summed E-state index contributed by atoms with van der Waals surface area (Å²) in [5.74, 6) is 0.828. The van der Waals surface area contributed by atoms with Crippen LogP contribution in [0.1, 0.15) is 29.4 Å². The molecule has 2 aromatic heterocycles. The van der Waals surface area contributed by atoms with Crippen molar-refractivity contribution in [2.45, 2.75) is 25.8 Å². The second-order valence-corrected chi connectivity index (χ2v) is 7.76. The minimum absolute atomic E-state index is 0.211. The molecule has 0 amide bonds. The normalized spacial score (nSPS) is 15.3. The molecule has 1 N–H and O–H groups in total. The van der Waals surface area contributed by atoms with Gasteiger partial charge in [0.15, 0.2) is 5.82 Å². The highest BCUT2D eigenvalue weighted by atomic mass is 35.5. The topological polar surface area (TPSA) is 55.6 Å². The minimum Gasteiger partial charge on any atom is -0.337 e. The summed E-state index contributed by atoms with van der Waals surface area (Å²) in [4.78, 5) is 4.26. The maximum absolute atomic E-state index is 6.02. The molecule has 0 saturated heterocycles. The van der Waals surface area contributed by atoms with E-state index in [0.717, 1.165) is 46.3 Å². The zero-order chi connectivity index (χ0) is 19.8. The average molecular weight is 402 g/mol. The van der Waals surface area contributed by atoms with Gasteiger partial charge in [-0.25, -0.2) is 4.68 Å². The van der Waals surface area contributed by atoms with E-state index in [0.29, 0.717) is 0 Å². The lowest BCUT2D eigenvalue weighted by molar-refractivity contribution is 0.534. The van der Waals surface area contributed by atoms with Crippen LogP contribution in [-0.4, -0.2) is 20.0 Å². The molecular formula is C23H20ClN5. The number of anilines is 2. The van der Waals surface area contributed by atoms with Crippen LogP contribution in [0.15, 0.2) is 66.9 Å². The Morgan fingerprint density at radius 1 is 1.00 bits per heavy atom. The van der Waals surface area contributed by atoms with Crippen molar-refractivity contribution < 1.29 is 0 Å². The Bertz CT molecular complexity index is 1150. The maximum atomic E-state index is 6.02. The second-order valence-electron chi connectivity index (χ2n) is 7.32. The van der Waals surface area contributed by atoms with Crippen LogP contribution < -0.4 is 5.32 Å². The Morgan fingerprint density at radius 2 is 1.79 bits per heavy atom. The molecule has 1 aliphatic rings. The highest BCUT2D eigenvalue weighted by Crippen LogP contribution is 2.35. The van der Waals surface area contributed by atoms with Gasteiger partial charge < -0.3 is 5.32 Å². The fourth-order valence-electron chi connectivity index (χ4n) is 3.89. The van der Waals surface area contributed by atoms with Crippen LogP contribution in [0, 0.1) is 6.92 Å². The van der Waals surface area contributed by atoms with E-state index in [9.17, 15) is 0 Å². The third-order valence-electron chi connectivity index (χ3n) is 5.37. The first-order chi connectivity index (χ1) is 14.2. The molecule has 3 heterocycles. The molecule has 6 heteroatoms. The van der Waals surface area contributed by atoms with Crippen LogP contribution in [0.3, 0.4) is 0 Å². The average Bonchev–Trinajstić information content (AvgIpc) is 3.32. The van der Waals surface area contributed by atoms with Crippen molar-refractivity contribution in [3.8, 4) is 11.1 Å². The van der Waals surface area contributed by atoms with Gasteiger partial charge >= 0.3 is 0 Å². The number of fused-ring (bicyclic) bond motifs is 1. The van der Waals surface area contributed by atoms with Crippen LogP contribution >= 0.6 is 11.6 Å². The van der Waals surface area contributed by atoms with Gasteiger partial charge in [-0.2, -0.15) is 0 Å². The van der Waals surface area contributed by atoms with Gasteiger partial charge in [0.2, 0.25) is 0 Å². The molecular weight excluding hydrogens is 382 g/mol. The maximum Gasteiger partial charge on any atom is 0.176 e. The van der Waals surface area contributed by atoms with Gasteiger partial charge in [-0.1, -0.05) is 41.1 Å². The lowest BCUT2D eigenvalue weighted by atomic mass is 10.1. The van der Waals surface area contributed by atoms with Crippen LogP contribution in [0.4, 0.5) is 11.5 Å². The zero-order valence-electron chi connectivity index (χ0n) is 16.0. The quantitative estimate of drug-likeness (QED) is 0.485. The summed E-state index contributed by atoms with van der Waals surface area (Å²) in [6, 6.07) is 20.7. The van der Waals surface area contributed by atoms with Crippen molar-refractivity contribution in [1.82, 2.24) is 20.0 Å².